The van der Waals surface area contributed by atoms with Crippen molar-refractivity contribution in [1.82, 2.24) is 4.98 Å². The molecule has 0 radical (unpaired) electrons. The Morgan fingerprint density at radius 3 is 2.41 bits per heavy atom. The summed E-state index contributed by atoms with van der Waals surface area (Å²) in [5.41, 5.74) is 3.26. The largest absolute Gasteiger partial charge is 0.348 e. The summed E-state index contributed by atoms with van der Waals surface area (Å²) >= 11 is 13.6. The molecule has 0 bridgehead atoms. The monoisotopic (exact) mass is 466 g/mol. The van der Waals surface area contributed by atoms with E-state index in [0.29, 0.717) is 31.0 Å². The average Bonchev–Trinajstić information content (AvgIpc) is 3.18. The minimum atomic E-state index is -3.49. The smallest absolute Gasteiger partial charge is 0.185 e. The molecule has 0 spiro atoms. The number of piperidine rings is 1. The highest BCUT2D eigenvalue weighted by Gasteiger charge is 2.33. The average molecular weight is 467 g/mol. The first-order chi connectivity index (χ1) is 13.8. The lowest BCUT2D eigenvalue weighted by molar-refractivity contribution is 0.529. The van der Waals surface area contributed by atoms with Gasteiger partial charge in [-0.15, -0.1) is 11.3 Å². The number of benzene rings is 2. The van der Waals surface area contributed by atoms with E-state index >= 15 is 0 Å². The highest BCUT2D eigenvalue weighted by Crippen LogP contribution is 2.34. The van der Waals surface area contributed by atoms with E-state index in [0.717, 1.165) is 16.4 Å². The Morgan fingerprint density at radius 1 is 1.07 bits per heavy atom. The zero-order chi connectivity index (χ0) is 20.6. The van der Waals surface area contributed by atoms with Crippen LogP contribution in [0.2, 0.25) is 10.0 Å². The Balaban J connectivity index is 1.46. The second-order valence-corrected chi connectivity index (χ2v) is 11.1. The van der Waals surface area contributed by atoms with E-state index in [4.69, 9.17) is 28.2 Å². The van der Waals surface area contributed by atoms with Crippen molar-refractivity contribution in [2.45, 2.75) is 29.9 Å². The Kier molecular flexibility index (Phi) is 5.89. The number of sulfone groups is 1. The number of thiazole rings is 1. The fourth-order valence-corrected chi connectivity index (χ4v) is 6.91. The summed E-state index contributed by atoms with van der Waals surface area (Å²) in [4.78, 5) is 7.09. The van der Waals surface area contributed by atoms with Crippen LogP contribution in [0.25, 0.3) is 11.3 Å². The maximum Gasteiger partial charge on any atom is 0.185 e. The molecule has 2 heterocycles. The second-order valence-electron chi connectivity index (χ2n) is 7.19. The number of nitrogens with zero attached hydrogens (tertiary/aromatic N) is 2. The van der Waals surface area contributed by atoms with Crippen LogP contribution in [0.15, 0.2) is 52.7 Å². The van der Waals surface area contributed by atoms with Crippen molar-refractivity contribution < 1.29 is 8.42 Å². The number of hydrogen-bond donors (Lipinski definition) is 0. The van der Waals surface area contributed by atoms with Gasteiger partial charge in [0.05, 0.1) is 20.9 Å². The lowest BCUT2D eigenvalue weighted by Crippen LogP contribution is -2.39. The fourth-order valence-electron chi connectivity index (χ4n) is 3.51. The highest BCUT2D eigenvalue weighted by atomic mass is 35.5. The van der Waals surface area contributed by atoms with Crippen LogP contribution < -0.4 is 4.90 Å². The highest BCUT2D eigenvalue weighted by molar-refractivity contribution is 7.92. The van der Waals surface area contributed by atoms with Gasteiger partial charge in [-0.05, 0) is 38.0 Å². The van der Waals surface area contributed by atoms with Crippen LogP contribution >= 0.6 is 34.5 Å². The molecule has 152 valence electrons. The van der Waals surface area contributed by atoms with Crippen LogP contribution in [0.3, 0.4) is 0 Å². The molecule has 0 unspecified atom stereocenters. The third-order valence-corrected chi connectivity index (χ3v) is 9.07. The van der Waals surface area contributed by atoms with Gasteiger partial charge in [0.15, 0.2) is 15.0 Å². The molecule has 1 aliphatic heterocycles. The zero-order valence-electron chi connectivity index (χ0n) is 15.8. The van der Waals surface area contributed by atoms with Crippen molar-refractivity contribution in [3.05, 3.63) is 63.5 Å². The lowest BCUT2D eigenvalue weighted by atomic mass is 10.1. The Hall–Kier alpha value is -1.60. The summed E-state index contributed by atoms with van der Waals surface area (Å²) in [5.74, 6) is 0. The van der Waals surface area contributed by atoms with E-state index in [1.807, 2.05) is 0 Å². The first kappa shape index (κ1) is 20.7. The minimum absolute atomic E-state index is 0.165. The van der Waals surface area contributed by atoms with Crippen molar-refractivity contribution in [3.8, 4) is 11.3 Å². The maximum atomic E-state index is 13.0. The normalized spacial score (nSPS) is 15.6. The molecule has 3 aromatic rings. The van der Waals surface area contributed by atoms with Crippen LogP contribution in [-0.4, -0.2) is 31.7 Å². The number of aromatic nitrogens is 1. The van der Waals surface area contributed by atoms with Gasteiger partial charge in [-0.3, -0.25) is 0 Å². The van der Waals surface area contributed by atoms with Crippen LogP contribution in [0.1, 0.15) is 18.4 Å². The van der Waals surface area contributed by atoms with E-state index in [2.05, 4.69) is 41.5 Å². The van der Waals surface area contributed by atoms with Gasteiger partial charge in [-0.25, -0.2) is 13.4 Å². The third-order valence-electron chi connectivity index (χ3n) is 5.19. The number of anilines is 1. The maximum absolute atomic E-state index is 13.0. The number of halogens is 2. The molecular weight excluding hydrogens is 447 g/mol. The van der Waals surface area contributed by atoms with E-state index < -0.39 is 15.1 Å². The topological polar surface area (TPSA) is 50.3 Å². The first-order valence-electron chi connectivity index (χ1n) is 9.31. The molecule has 0 aliphatic carbocycles. The molecule has 1 aromatic heterocycles. The van der Waals surface area contributed by atoms with Crippen molar-refractivity contribution in [2.24, 2.45) is 0 Å². The van der Waals surface area contributed by atoms with E-state index in [1.165, 1.54) is 17.7 Å². The molecule has 4 rings (SSSR count). The molecule has 0 atom stereocenters. The Labute approximate surface area is 185 Å². The fraction of sp³-hybridized carbons (Fsp3) is 0.286. The predicted octanol–water partition coefficient (Wildman–Crippen LogP) is 5.87. The number of hydrogen-bond acceptors (Lipinski definition) is 5. The van der Waals surface area contributed by atoms with Gasteiger partial charge in [0.2, 0.25) is 0 Å². The summed E-state index contributed by atoms with van der Waals surface area (Å²) in [7, 11) is -3.49. The molecule has 1 fully saturated rings. The number of aryl methyl sites for hydroxylation is 1. The minimum Gasteiger partial charge on any atom is -0.348 e. The summed E-state index contributed by atoms with van der Waals surface area (Å²) in [6, 6.07) is 12.8. The summed E-state index contributed by atoms with van der Waals surface area (Å²) in [6.45, 7) is 3.36. The summed E-state index contributed by atoms with van der Waals surface area (Å²) in [5, 5.41) is 3.14. The molecule has 1 aliphatic rings. The molecule has 0 amide bonds. The number of rotatable bonds is 4. The van der Waals surface area contributed by atoms with Crippen molar-refractivity contribution in [3.63, 3.8) is 0 Å². The third kappa shape index (κ3) is 4.31. The standard InChI is InChI=1S/C21H20Cl2N2O2S2/c1-14-2-4-15(5-3-14)19-13-28-21(24-19)25-10-8-17(9-11-25)29(26,27)20-7-6-16(22)12-18(20)23/h2-7,12-13,17H,8-11H2,1H3. The molecule has 4 nitrogen and oxygen atoms in total. The second kappa shape index (κ2) is 8.26. The molecule has 8 heteroatoms. The van der Waals surface area contributed by atoms with Gasteiger partial charge in [0.1, 0.15) is 0 Å². The molecule has 2 aromatic carbocycles. The molecule has 0 N–H and O–H groups in total. The van der Waals surface area contributed by atoms with Gasteiger partial charge in [0.25, 0.3) is 0 Å². The van der Waals surface area contributed by atoms with Crippen molar-refractivity contribution in [2.75, 3.05) is 18.0 Å². The van der Waals surface area contributed by atoms with E-state index in [1.54, 1.807) is 17.4 Å². The molecule has 29 heavy (non-hydrogen) atoms. The zero-order valence-corrected chi connectivity index (χ0v) is 19.0. The molecular formula is C21H20Cl2N2O2S2. The van der Waals surface area contributed by atoms with Crippen LogP contribution in [0, 0.1) is 6.92 Å². The summed E-state index contributed by atoms with van der Waals surface area (Å²) in [6.07, 6.45) is 1.08. The van der Waals surface area contributed by atoms with E-state index in [9.17, 15) is 8.42 Å². The van der Waals surface area contributed by atoms with E-state index in [-0.39, 0.29) is 9.92 Å². The van der Waals surface area contributed by atoms with Crippen LogP contribution in [-0.2, 0) is 9.84 Å². The van der Waals surface area contributed by atoms with Crippen molar-refractivity contribution in [1.29, 1.82) is 0 Å². The van der Waals surface area contributed by atoms with Crippen LogP contribution in [0.5, 0.6) is 0 Å². The Morgan fingerprint density at radius 2 is 1.76 bits per heavy atom. The lowest BCUT2D eigenvalue weighted by Gasteiger charge is -2.31. The van der Waals surface area contributed by atoms with Gasteiger partial charge in [-0.2, -0.15) is 0 Å². The predicted molar refractivity (Wildman–Crippen MR) is 121 cm³/mol. The molecule has 1 saturated heterocycles. The van der Waals surface area contributed by atoms with Crippen molar-refractivity contribution >= 4 is 49.5 Å². The van der Waals surface area contributed by atoms with Crippen LogP contribution in [0.4, 0.5) is 5.13 Å². The van der Waals surface area contributed by atoms with Gasteiger partial charge < -0.3 is 4.90 Å². The molecule has 0 saturated carbocycles. The first-order valence-corrected chi connectivity index (χ1v) is 12.5. The SMILES string of the molecule is Cc1ccc(-c2csc(N3CCC(S(=O)(=O)c4ccc(Cl)cc4Cl)CC3)n2)cc1. The quantitative estimate of drug-likeness (QED) is 0.482. The summed E-state index contributed by atoms with van der Waals surface area (Å²) < 4.78 is 26.0. The Bertz CT molecular complexity index is 1120. The van der Waals surface area contributed by atoms with Gasteiger partial charge in [0, 0.05) is 29.1 Å². The van der Waals surface area contributed by atoms with Gasteiger partial charge in [-0.1, -0.05) is 53.0 Å². The van der Waals surface area contributed by atoms with Gasteiger partial charge >= 0.3 is 0 Å².